The molecule has 1 atom stereocenters. The fraction of sp³-hybridized carbons (Fsp3) is 0.364. The molecule has 0 aliphatic carbocycles. The number of carbonyl (C=O) groups is 1. The summed E-state index contributed by atoms with van der Waals surface area (Å²) < 4.78 is 23.5. The lowest BCUT2D eigenvalue weighted by atomic mass is 10.1. The molecular weight excluding hydrogens is 229 g/mol. The molecule has 5 nitrogen and oxygen atoms in total. The van der Waals surface area contributed by atoms with Crippen LogP contribution >= 0.6 is 0 Å². The smallest absolute Gasteiger partial charge is 0.320 e. The number of methoxy groups -OCH3 is 2. The first-order chi connectivity index (χ1) is 7.99. The van der Waals surface area contributed by atoms with Crippen molar-refractivity contribution in [3.8, 4) is 11.5 Å². The van der Waals surface area contributed by atoms with Crippen molar-refractivity contribution in [1.29, 1.82) is 0 Å². The number of aliphatic carboxylic acids is 1. The van der Waals surface area contributed by atoms with Gasteiger partial charge in [0.2, 0.25) is 0 Å². The predicted molar refractivity (Wildman–Crippen MR) is 58.8 cm³/mol. The monoisotopic (exact) mass is 243 g/mol. The van der Waals surface area contributed by atoms with Gasteiger partial charge in [-0.3, -0.25) is 4.79 Å². The first-order valence-electron chi connectivity index (χ1n) is 4.88. The highest BCUT2D eigenvalue weighted by Crippen LogP contribution is 2.30. The Hall–Kier alpha value is -1.82. The van der Waals surface area contributed by atoms with E-state index < -0.39 is 17.8 Å². The second-order valence-electron chi connectivity index (χ2n) is 3.45. The molecule has 17 heavy (non-hydrogen) atoms. The summed E-state index contributed by atoms with van der Waals surface area (Å²) in [5.41, 5.74) is 5.52. The van der Waals surface area contributed by atoms with Gasteiger partial charge >= 0.3 is 5.97 Å². The predicted octanol–water partition coefficient (Wildman–Crippen LogP) is 0.797. The van der Waals surface area contributed by atoms with Gasteiger partial charge in [-0.2, -0.15) is 0 Å². The van der Waals surface area contributed by atoms with E-state index in [-0.39, 0.29) is 17.7 Å². The van der Waals surface area contributed by atoms with Crippen molar-refractivity contribution in [3.05, 3.63) is 23.5 Å². The highest BCUT2D eigenvalue weighted by Gasteiger charge is 2.17. The van der Waals surface area contributed by atoms with Crippen molar-refractivity contribution in [2.24, 2.45) is 5.73 Å². The lowest BCUT2D eigenvalue weighted by Crippen LogP contribution is -2.32. The molecule has 1 unspecified atom stereocenters. The van der Waals surface area contributed by atoms with Crippen LogP contribution in [-0.2, 0) is 11.2 Å². The van der Waals surface area contributed by atoms with Crippen molar-refractivity contribution < 1.29 is 23.8 Å². The minimum Gasteiger partial charge on any atom is -0.493 e. The van der Waals surface area contributed by atoms with Crippen LogP contribution < -0.4 is 15.2 Å². The minimum absolute atomic E-state index is 0.110. The van der Waals surface area contributed by atoms with Crippen LogP contribution in [0.2, 0.25) is 0 Å². The molecule has 1 rings (SSSR count). The van der Waals surface area contributed by atoms with Crippen molar-refractivity contribution >= 4 is 5.97 Å². The Bertz CT molecular complexity index is 422. The number of carboxylic acid groups (broad SMARTS) is 1. The largest absolute Gasteiger partial charge is 0.493 e. The van der Waals surface area contributed by atoms with Gasteiger partial charge in [0.1, 0.15) is 11.9 Å². The Balaban J connectivity index is 3.04. The van der Waals surface area contributed by atoms with Gasteiger partial charge in [-0.05, 0) is 11.6 Å². The highest BCUT2D eigenvalue weighted by atomic mass is 19.1. The fourth-order valence-corrected chi connectivity index (χ4v) is 1.38. The van der Waals surface area contributed by atoms with Crippen LogP contribution in [0.15, 0.2) is 12.1 Å². The quantitative estimate of drug-likeness (QED) is 0.799. The van der Waals surface area contributed by atoms with Gasteiger partial charge in [-0.1, -0.05) is 0 Å². The summed E-state index contributed by atoms with van der Waals surface area (Å²) in [4.78, 5) is 10.6. The van der Waals surface area contributed by atoms with Gasteiger partial charge in [0, 0.05) is 12.5 Å². The summed E-state index contributed by atoms with van der Waals surface area (Å²) >= 11 is 0. The van der Waals surface area contributed by atoms with Crippen LogP contribution in [0.1, 0.15) is 5.56 Å². The number of rotatable bonds is 5. The molecule has 1 aromatic rings. The van der Waals surface area contributed by atoms with E-state index in [0.717, 1.165) is 6.07 Å². The van der Waals surface area contributed by atoms with Gasteiger partial charge < -0.3 is 20.3 Å². The van der Waals surface area contributed by atoms with Gasteiger partial charge in [0.15, 0.2) is 11.5 Å². The normalized spacial score (nSPS) is 12.0. The maximum absolute atomic E-state index is 13.6. The third kappa shape index (κ3) is 3.07. The Morgan fingerprint density at radius 3 is 2.41 bits per heavy atom. The molecule has 0 saturated heterocycles. The lowest BCUT2D eigenvalue weighted by molar-refractivity contribution is -0.138. The second-order valence-corrected chi connectivity index (χ2v) is 3.45. The van der Waals surface area contributed by atoms with Crippen molar-refractivity contribution in [3.63, 3.8) is 0 Å². The van der Waals surface area contributed by atoms with E-state index in [2.05, 4.69) is 0 Å². The van der Waals surface area contributed by atoms with Crippen LogP contribution in [-0.4, -0.2) is 31.3 Å². The molecule has 0 fully saturated rings. The third-order valence-electron chi connectivity index (χ3n) is 2.31. The Labute approximate surface area is 97.9 Å². The Morgan fingerprint density at radius 1 is 1.41 bits per heavy atom. The lowest BCUT2D eigenvalue weighted by Gasteiger charge is -2.12. The molecule has 0 spiro atoms. The first-order valence-corrected chi connectivity index (χ1v) is 4.88. The van der Waals surface area contributed by atoms with Crippen LogP contribution in [0.5, 0.6) is 11.5 Å². The highest BCUT2D eigenvalue weighted by molar-refractivity contribution is 5.73. The number of hydrogen-bond donors (Lipinski definition) is 2. The van der Waals surface area contributed by atoms with Crippen LogP contribution in [0.4, 0.5) is 4.39 Å². The second kappa shape index (κ2) is 5.49. The van der Waals surface area contributed by atoms with Gasteiger partial charge in [-0.25, -0.2) is 4.39 Å². The van der Waals surface area contributed by atoms with E-state index >= 15 is 0 Å². The molecule has 0 aliphatic rings. The zero-order chi connectivity index (χ0) is 13.0. The number of hydrogen-bond acceptors (Lipinski definition) is 4. The summed E-state index contributed by atoms with van der Waals surface area (Å²) in [6.07, 6.45) is -0.110. The molecule has 0 radical (unpaired) electrons. The molecule has 0 aliphatic heterocycles. The standard InChI is InChI=1S/C11H14FNO4/c1-16-9-4-6(3-8(13)11(14)15)7(12)5-10(9)17-2/h4-5,8H,3,13H2,1-2H3,(H,14,15). The maximum atomic E-state index is 13.6. The van der Waals surface area contributed by atoms with Crippen LogP contribution in [0.25, 0.3) is 0 Å². The van der Waals surface area contributed by atoms with Crippen molar-refractivity contribution in [2.75, 3.05) is 14.2 Å². The van der Waals surface area contributed by atoms with E-state index in [9.17, 15) is 9.18 Å². The van der Waals surface area contributed by atoms with E-state index in [0.29, 0.717) is 5.75 Å². The van der Waals surface area contributed by atoms with Crippen LogP contribution in [0, 0.1) is 5.82 Å². The summed E-state index contributed by atoms with van der Waals surface area (Å²) in [5, 5.41) is 8.66. The molecule has 0 amide bonds. The molecule has 0 aromatic heterocycles. The number of halogens is 1. The molecule has 3 N–H and O–H groups in total. The summed E-state index contributed by atoms with van der Waals surface area (Å²) in [6, 6.07) is 1.38. The number of benzene rings is 1. The number of carboxylic acids is 1. The molecule has 1 aromatic carbocycles. The van der Waals surface area contributed by atoms with E-state index in [4.69, 9.17) is 20.3 Å². The minimum atomic E-state index is -1.18. The average molecular weight is 243 g/mol. The SMILES string of the molecule is COc1cc(F)c(CC(N)C(=O)O)cc1OC. The van der Waals surface area contributed by atoms with E-state index in [1.165, 1.54) is 20.3 Å². The zero-order valence-corrected chi connectivity index (χ0v) is 9.57. The van der Waals surface area contributed by atoms with Gasteiger partial charge in [-0.15, -0.1) is 0 Å². The topological polar surface area (TPSA) is 81.8 Å². The average Bonchev–Trinajstić information content (AvgIpc) is 2.30. The Morgan fingerprint density at radius 2 is 1.94 bits per heavy atom. The molecule has 94 valence electrons. The zero-order valence-electron chi connectivity index (χ0n) is 9.57. The summed E-state index contributed by atoms with van der Waals surface area (Å²) in [6.45, 7) is 0. The molecule has 6 heteroatoms. The fourth-order valence-electron chi connectivity index (χ4n) is 1.38. The summed E-state index contributed by atoms with van der Waals surface area (Å²) in [7, 11) is 2.80. The third-order valence-corrected chi connectivity index (χ3v) is 2.31. The van der Waals surface area contributed by atoms with E-state index in [1.807, 2.05) is 0 Å². The number of ether oxygens (including phenoxy) is 2. The van der Waals surface area contributed by atoms with E-state index in [1.54, 1.807) is 0 Å². The maximum Gasteiger partial charge on any atom is 0.320 e. The van der Waals surface area contributed by atoms with Crippen LogP contribution in [0.3, 0.4) is 0 Å². The van der Waals surface area contributed by atoms with Gasteiger partial charge in [0.25, 0.3) is 0 Å². The summed E-state index contributed by atoms with van der Waals surface area (Å²) in [5.74, 6) is -1.17. The van der Waals surface area contributed by atoms with Gasteiger partial charge in [0.05, 0.1) is 14.2 Å². The first kappa shape index (κ1) is 13.2. The Kier molecular flexibility index (Phi) is 4.28. The molecular formula is C11H14FNO4. The van der Waals surface area contributed by atoms with Crippen molar-refractivity contribution in [1.82, 2.24) is 0 Å². The number of nitrogens with two attached hydrogens (primary N) is 1. The molecule has 0 bridgehead atoms. The molecule has 0 saturated carbocycles. The molecule has 0 heterocycles. The van der Waals surface area contributed by atoms with Crippen molar-refractivity contribution in [2.45, 2.75) is 12.5 Å².